The monoisotopic (exact) mass is 329 g/mol. The lowest BCUT2D eigenvalue weighted by molar-refractivity contribution is 1.18. The molecule has 2 heterocycles. The molecule has 2 aromatic rings. The fourth-order valence-electron chi connectivity index (χ4n) is 1.87. The van der Waals surface area contributed by atoms with Crippen molar-refractivity contribution >= 4 is 41.4 Å². The molecule has 21 heavy (non-hydrogen) atoms. The molecule has 0 bridgehead atoms. The summed E-state index contributed by atoms with van der Waals surface area (Å²) < 4.78 is 2.75. The Morgan fingerprint density at radius 2 is 1.86 bits per heavy atom. The summed E-state index contributed by atoms with van der Waals surface area (Å²) in [5.41, 5.74) is 2.39. The van der Waals surface area contributed by atoms with E-state index in [1.54, 1.807) is 0 Å². The first-order chi connectivity index (χ1) is 10.3. The third kappa shape index (κ3) is 4.19. The zero-order chi connectivity index (χ0) is 14.5. The molecule has 106 valence electrons. The molecule has 0 saturated carbocycles. The minimum Gasteiger partial charge on any atom is -0.260 e. The van der Waals surface area contributed by atoms with Crippen molar-refractivity contribution in [2.45, 2.75) is 12.7 Å². The fourth-order valence-corrected chi connectivity index (χ4v) is 5.81. The molecule has 0 radical (unpaired) electrons. The average molecular weight is 330 g/mol. The van der Waals surface area contributed by atoms with Crippen molar-refractivity contribution in [1.82, 2.24) is 4.98 Å². The van der Waals surface area contributed by atoms with Gasteiger partial charge in [-0.2, -0.15) is 0 Å². The Bertz CT molecular complexity index is 663. The maximum absolute atomic E-state index is 4.38. The van der Waals surface area contributed by atoms with Gasteiger partial charge in [-0.3, -0.25) is 4.98 Å². The van der Waals surface area contributed by atoms with Gasteiger partial charge in [-0.25, -0.2) is 0 Å². The topological polar surface area (TPSA) is 12.9 Å². The van der Waals surface area contributed by atoms with Gasteiger partial charge in [0.15, 0.2) is 0 Å². The molecular weight excluding hydrogens is 314 g/mol. The van der Waals surface area contributed by atoms with E-state index in [1.165, 1.54) is 18.9 Å². The van der Waals surface area contributed by atoms with Gasteiger partial charge in [0.05, 0.1) is 14.2 Å². The van der Waals surface area contributed by atoms with E-state index in [2.05, 4.69) is 54.4 Å². The minimum absolute atomic E-state index is 0.930. The Morgan fingerprint density at radius 3 is 2.62 bits per heavy atom. The second-order valence-corrected chi connectivity index (χ2v) is 8.34. The lowest BCUT2D eigenvalue weighted by atomic mass is 10.2. The molecule has 0 atom stereocenters. The smallest absolute Gasteiger partial charge is 0.0555 e. The Labute approximate surface area is 138 Å². The zero-order valence-corrected chi connectivity index (χ0v) is 14.1. The number of hydrogen-bond donors (Lipinski definition) is 0. The number of hydrogen-bond acceptors (Lipinski definition) is 4. The average Bonchev–Trinajstić information content (AvgIpc) is 2.87. The SMILES string of the molecule is CC1=C(SCc2ccccn2)S/C(=C\c2ccccc2)S1. The van der Waals surface area contributed by atoms with Crippen LogP contribution in [0.15, 0.2) is 68.1 Å². The number of aromatic nitrogens is 1. The third-order valence-electron chi connectivity index (χ3n) is 2.90. The summed E-state index contributed by atoms with van der Waals surface area (Å²) in [5.74, 6) is 0.930. The number of rotatable bonds is 4. The van der Waals surface area contributed by atoms with E-state index in [9.17, 15) is 0 Å². The predicted octanol–water partition coefficient (Wildman–Crippen LogP) is 5.98. The fraction of sp³-hybridized carbons (Fsp3) is 0.118. The summed E-state index contributed by atoms with van der Waals surface area (Å²) in [7, 11) is 0. The van der Waals surface area contributed by atoms with Crippen molar-refractivity contribution in [3.05, 3.63) is 79.4 Å². The largest absolute Gasteiger partial charge is 0.260 e. The van der Waals surface area contributed by atoms with Crippen molar-refractivity contribution in [1.29, 1.82) is 0 Å². The first kappa shape index (κ1) is 14.8. The number of thioether (sulfide) groups is 3. The molecule has 0 unspecified atom stereocenters. The van der Waals surface area contributed by atoms with Crippen molar-refractivity contribution in [2.75, 3.05) is 0 Å². The minimum atomic E-state index is 0.930. The van der Waals surface area contributed by atoms with Crippen LogP contribution in [0.5, 0.6) is 0 Å². The highest BCUT2D eigenvalue weighted by Gasteiger charge is 2.18. The quantitative estimate of drug-likeness (QED) is 0.683. The Balaban J connectivity index is 1.63. The molecule has 1 aromatic carbocycles. The van der Waals surface area contributed by atoms with Crippen LogP contribution in [0.1, 0.15) is 18.2 Å². The molecule has 3 rings (SSSR count). The van der Waals surface area contributed by atoms with Crippen LogP contribution in [0.25, 0.3) is 6.08 Å². The maximum atomic E-state index is 4.38. The normalized spacial score (nSPS) is 16.7. The number of benzene rings is 1. The van der Waals surface area contributed by atoms with E-state index in [-0.39, 0.29) is 0 Å². The summed E-state index contributed by atoms with van der Waals surface area (Å²) in [4.78, 5) is 5.77. The van der Waals surface area contributed by atoms with Gasteiger partial charge in [0, 0.05) is 16.9 Å². The van der Waals surface area contributed by atoms with E-state index < -0.39 is 0 Å². The lowest BCUT2D eigenvalue weighted by Gasteiger charge is -2.01. The Kier molecular flexibility index (Phi) is 5.12. The van der Waals surface area contributed by atoms with E-state index >= 15 is 0 Å². The van der Waals surface area contributed by atoms with E-state index in [4.69, 9.17) is 0 Å². The van der Waals surface area contributed by atoms with Crippen LogP contribution in [-0.4, -0.2) is 4.98 Å². The Morgan fingerprint density at radius 1 is 1.05 bits per heavy atom. The number of nitrogens with zero attached hydrogens (tertiary/aromatic N) is 1. The molecular formula is C17H15NS3. The summed E-state index contributed by atoms with van der Waals surface area (Å²) in [6.07, 6.45) is 4.11. The summed E-state index contributed by atoms with van der Waals surface area (Å²) >= 11 is 5.62. The molecule has 4 heteroatoms. The first-order valence-electron chi connectivity index (χ1n) is 6.67. The van der Waals surface area contributed by atoms with Gasteiger partial charge in [0.2, 0.25) is 0 Å². The maximum Gasteiger partial charge on any atom is 0.0555 e. The van der Waals surface area contributed by atoms with Gasteiger partial charge < -0.3 is 0 Å². The predicted molar refractivity (Wildman–Crippen MR) is 97.8 cm³/mol. The molecule has 0 spiro atoms. The Hall–Kier alpha value is -1.10. The summed E-state index contributed by atoms with van der Waals surface area (Å²) in [6.45, 7) is 2.20. The molecule has 0 N–H and O–H groups in total. The standard InChI is InChI=1S/C17H15NS3/c1-13-17(19-12-15-9-5-6-10-18-15)21-16(20-13)11-14-7-3-2-4-8-14/h2-11H,12H2,1H3/b16-11-. The van der Waals surface area contributed by atoms with Gasteiger partial charge in [0.1, 0.15) is 0 Å². The van der Waals surface area contributed by atoms with Crippen molar-refractivity contribution < 1.29 is 0 Å². The summed E-state index contributed by atoms with van der Waals surface area (Å²) in [5, 5.41) is 0. The molecule has 0 aliphatic carbocycles. The lowest BCUT2D eigenvalue weighted by Crippen LogP contribution is -1.84. The van der Waals surface area contributed by atoms with Crippen LogP contribution in [0, 0.1) is 0 Å². The van der Waals surface area contributed by atoms with Crippen LogP contribution < -0.4 is 0 Å². The highest BCUT2D eigenvalue weighted by molar-refractivity contribution is 8.35. The van der Waals surface area contributed by atoms with Gasteiger partial charge in [-0.15, -0.1) is 11.8 Å². The van der Waals surface area contributed by atoms with Crippen molar-refractivity contribution in [3.8, 4) is 0 Å². The second-order valence-electron chi connectivity index (χ2n) is 4.53. The second kappa shape index (κ2) is 7.25. The third-order valence-corrected chi connectivity index (χ3v) is 6.91. The van der Waals surface area contributed by atoms with Crippen LogP contribution in [0.4, 0.5) is 0 Å². The molecule has 1 aliphatic rings. The molecule has 0 fully saturated rings. The van der Waals surface area contributed by atoms with Gasteiger partial charge >= 0.3 is 0 Å². The highest BCUT2D eigenvalue weighted by atomic mass is 32.2. The first-order valence-corrected chi connectivity index (χ1v) is 9.29. The van der Waals surface area contributed by atoms with Crippen molar-refractivity contribution in [3.63, 3.8) is 0 Å². The number of allylic oxidation sites excluding steroid dienone is 1. The molecule has 1 nitrogen and oxygen atoms in total. The van der Waals surface area contributed by atoms with E-state index in [1.807, 2.05) is 53.6 Å². The van der Waals surface area contributed by atoms with Gasteiger partial charge in [0.25, 0.3) is 0 Å². The zero-order valence-electron chi connectivity index (χ0n) is 11.7. The molecule has 0 amide bonds. The van der Waals surface area contributed by atoms with Crippen LogP contribution >= 0.6 is 35.3 Å². The molecule has 1 aromatic heterocycles. The van der Waals surface area contributed by atoms with Crippen molar-refractivity contribution in [2.24, 2.45) is 0 Å². The van der Waals surface area contributed by atoms with Gasteiger partial charge in [-0.05, 0) is 30.7 Å². The highest BCUT2D eigenvalue weighted by Crippen LogP contribution is 2.54. The summed E-state index contributed by atoms with van der Waals surface area (Å²) in [6, 6.07) is 16.6. The van der Waals surface area contributed by atoms with E-state index in [0.717, 1.165) is 11.4 Å². The molecule has 0 saturated heterocycles. The van der Waals surface area contributed by atoms with Gasteiger partial charge in [-0.1, -0.05) is 59.9 Å². The van der Waals surface area contributed by atoms with Crippen LogP contribution in [-0.2, 0) is 5.75 Å². The number of pyridine rings is 1. The van der Waals surface area contributed by atoms with Crippen LogP contribution in [0.3, 0.4) is 0 Å². The van der Waals surface area contributed by atoms with E-state index in [0.29, 0.717) is 0 Å². The molecule has 1 aliphatic heterocycles. The van der Waals surface area contributed by atoms with Crippen LogP contribution in [0.2, 0.25) is 0 Å².